The first-order valence-electron chi connectivity index (χ1n) is 6.94. The van der Waals surface area contributed by atoms with Crippen LogP contribution in [0, 0.1) is 6.92 Å². The minimum atomic E-state index is 0.518. The highest BCUT2D eigenvalue weighted by molar-refractivity contribution is 5.82. The van der Waals surface area contributed by atoms with E-state index in [1.165, 1.54) is 12.8 Å². The molecule has 2 aromatic heterocycles. The lowest BCUT2D eigenvalue weighted by Crippen LogP contribution is -2.01. The molecular weight excluding hydrogens is 248 g/mol. The van der Waals surface area contributed by atoms with Gasteiger partial charge in [-0.2, -0.15) is 0 Å². The summed E-state index contributed by atoms with van der Waals surface area (Å²) in [6.45, 7) is 2.03. The molecule has 0 spiro atoms. The Morgan fingerprint density at radius 1 is 1.20 bits per heavy atom. The van der Waals surface area contributed by atoms with Gasteiger partial charge in [-0.15, -0.1) is 0 Å². The van der Waals surface area contributed by atoms with Crippen molar-refractivity contribution in [1.29, 1.82) is 0 Å². The molecule has 2 N–H and O–H groups in total. The summed E-state index contributed by atoms with van der Waals surface area (Å²) < 4.78 is 2.25. The van der Waals surface area contributed by atoms with Gasteiger partial charge in [-0.05, 0) is 43.5 Å². The Bertz CT molecular complexity index is 799. The number of nitrogens with zero attached hydrogens (tertiary/aromatic N) is 3. The quantitative estimate of drug-likeness (QED) is 0.722. The van der Waals surface area contributed by atoms with Gasteiger partial charge in [-0.25, -0.2) is 9.97 Å². The molecule has 0 aliphatic heterocycles. The van der Waals surface area contributed by atoms with E-state index in [2.05, 4.69) is 9.55 Å². The number of anilines is 1. The lowest BCUT2D eigenvalue weighted by atomic mass is 10.1. The first kappa shape index (κ1) is 11.5. The first-order valence-corrected chi connectivity index (χ1v) is 6.94. The van der Waals surface area contributed by atoms with Gasteiger partial charge < -0.3 is 10.3 Å². The van der Waals surface area contributed by atoms with Crippen LogP contribution in [0.2, 0.25) is 0 Å². The van der Waals surface area contributed by atoms with Gasteiger partial charge in [-0.3, -0.25) is 0 Å². The molecule has 1 fully saturated rings. The van der Waals surface area contributed by atoms with Crippen LogP contribution in [-0.2, 0) is 0 Å². The van der Waals surface area contributed by atoms with E-state index in [4.69, 9.17) is 10.7 Å². The van der Waals surface area contributed by atoms with Crippen LogP contribution in [0.4, 0.5) is 5.69 Å². The average molecular weight is 264 g/mol. The summed E-state index contributed by atoms with van der Waals surface area (Å²) in [7, 11) is 0. The topological polar surface area (TPSA) is 56.7 Å². The van der Waals surface area contributed by atoms with E-state index >= 15 is 0 Å². The number of hydrogen-bond acceptors (Lipinski definition) is 3. The lowest BCUT2D eigenvalue weighted by Gasteiger charge is -2.10. The standard InChI is InChI=1S/C16H16N4/c1-10-4-2-5-12(14(10)17)15-19-13-6-3-9-18-16(13)20(15)11-7-8-11/h2-6,9,11H,7-8,17H2,1H3. The van der Waals surface area contributed by atoms with Crippen LogP contribution in [0.3, 0.4) is 0 Å². The van der Waals surface area contributed by atoms with E-state index in [9.17, 15) is 0 Å². The van der Waals surface area contributed by atoms with Crippen LogP contribution in [0.5, 0.6) is 0 Å². The number of pyridine rings is 1. The van der Waals surface area contributed by atoms with Crippen molar-refractivity contribution in [3.05, 3.63) is 42.1 Å². The smallest absolute Gasteiger partial charge is 0.160 e. The van der Waals surface area contributed by atoms with Crippen LogP contribution >= 0.6 is 0 Å². The Kier molecular flexibility index (Phi) is 2.33. The van der Waals surface area contributed by atoms with E-state index in [1.807, 2.05) is 43.5 Å². The molecule has 4 rings (SSSR count). The van der Waals surface area contributed by atoms with Crippen LogP contribution in [0.15, 0.2) is 36.5 Å². The lowest BCUT2D eigenvalue weighted by molar-refractivity contribution is 0.767. The number of hydrogen-bond donors (Lipinski definition) is 1. The fraction of sp³-hybridized carbons (Fsp3) is 0.250. The monoisotopic (exact) mass is 264 g/mol. The third-order valence-electron chi connectivity index (χ3n) is 3.93. The highest BCUT2D eigenvalue weighted by atomic mass is 15.2. The normalized spacial score (nSPS) is 14.8. The number of nitrogen functional groups attached to an aromatic ring is 1. The number of para-hydroxylation sites is 1. The van der Waals surface area contributed by atoms with E-state index in [0.717, 1.165) is 33.8 Å². The molecule has 20 heavy (non-hydrogen) atoms. The van der Waals surface area contributed by atoms with Gasteiger partial charge in [0.25, 0.3) is 0 Å². The molecule has 3 aromatic rings. The van der Waals surface area contributed by atoms with Crippen molar-refractivity contribution in [3.63, 3.8) is 0 Å². The third kappa shape index (κ3) is 1.61. The van der Waals surface area contributed by atoms with Gasteiger partial charge in [0.2, 0.25) is 0 Å². The summed E-state index contributed by atoms with van der Waals surface area (Å²) in [5.41, 5.74) is 11.1. The van der Waals surface area contributed by atoms with E-state index in [-0.39, 0.29) is 0 Å². The second-order valence-corrected chi connectivity index (χ2v) is 5.42. The van der Waals surface area contributed by atoms with E-state index < -0.39 is 0 Å². The average Bonchev–Trinajstić information content (AvgIpc) is 3.22. The Morgan fingerprint density at radius 2 is 2.05 bits per heavy atom. The van der Waals surface area contributed by atoms with Crippen LogP contribution < -0.4 is 5.73 Å². The molecule has 0 radical (unpaired) electrons. The number of imidazole rings is 1. The maximum Gasteiger partial charge on any atom is 0.160 e. The molecular formula is C16H16N4. The van der Waals surface area contributed by atoms with Crippen LogP contribution in [0.1, 0.15) is 24.4 Å². The summed E-state index contributed by atoms with van der Waals surface area (Å²) in [6, 6.07) is 10.6. The predicted octanol–water partition coefficient (Wildman–Crippen LogP) is 3.32. The molecule has 1 aromatic carbocycles. The van der Waals surface area contributed by atoms with Crippen LogP contribution in [-0.4, -0.2) is 14.5 Å². The molecule has 0 atom stereocenters. The van der Waals surface area contributed by atoms with Crippen molar-refractivity contribution in [2.24, 2.45) is 0 Å². The Labute approximate surface area is 117 Å². The van der Waals surface area contributed by atoms with Gasteiger partial charge in [0.1, 0.15) is 11.3 Å². The molecule has 1 aliphatic rings. The van der Waals surface area contributed by atoms with Crippen molar-refractivity contribution < 1.29 is 0 Å². The van der Waals surface area contributed by atoms with Crippen molar-refractivity contribution in [2.75, 3.05) is 5.73 Å². The Balaban J connectivity index is 2.04. The van der Waals surface area contributed by atoms with Gasteiger partial charge >= 0.3 is 0 Å². The molecule has 0 amide bonds. The third-order valence-corrected chi connectivity index (χ3v) is 3.93. The maximum atomic E-state index is 6.25. The molecule has 0 bridgehead atoms. The maximum absolute atomic E-state index is 6.25. The minimum absolute atomic E-state index is 0.518. The zero-order valence-electron chi connectivity index (χ0n) is 11.4. The van der Waals surface area contributed by atoms with Gasteiger partial charge in [0.15, 0.2) is 5.65 Å². The highest BCUT2D eigenvalue weighted by Gasteiger charge is 2.29. The molecule has 1 saturated carbocycles. The van der Waals surface area contributed by atoms with Crippen molar-refractivity contribution in [1.82, 2.24) is 14.5 Å². The summed E-state index contributed by atoms with van der Waals surface area (Å²) in [5.74, 6) is 0.947. The molecule has 1 aliphatic carbocycles. The van der Waals surface area contributed by atoms with Gasteiger partial charge in [0.05, 0.1) is 0 Å². The molecule has 0 saturated heterocycles. The highest BCUT2D eigenvalue weighted by Crippen LogP contribution is 2.41. The molecule has 100 valence electrons. The largest absolute Gasteiger partial charge is 0.398 e. The van der Waals surface area contributed by atoms with Crippen LogP contribution in [0.25, 0.3) is 22.6 Å². The molecule has 4 nitrogen and oxygen atoms in total. The SMILES string of the molecule is Cc1cccc(-c2nc3cccnc3n2C2CC2)c1N. The van der Waals surface area contributed by atoms with E-state index in [0.29, 0.717) is 6.04 Å². The fourth-order valence-electron chi connectivity index (χ4n) is 2.67. The molecule has 2 heterocycles. The molecule has 4 heteroatoms. The summed E-state index contributed by atoms with van der Waals surface area (Å²) in [6.07, 6.45) is 4.22. The Hall–Kier alpha value is -2.36. The first-order chi connectivity index (χ1) is 9.75. The number of aryl methyl sites for hydroxylation is 1. The minimum Gasteiger partial charge on any atom is -0.398 e. The Morgan fingerprint density at radius 3 is 2.85 bits per heavy atom. The van der Waals surface area contributed by atoms with Crippen molar-refractivity contribution >= 4 is 16.9 Å². The second kappa shape index (κ2) is 4.07. The zero-order chi connectivity index (χ0) is 13.7. The number of fused-ring (bicyclic) bond motifs is 1. The van der Waals surface area contributed by atoms with Crippen molar-refractivity contribution in [2.45, 2.75) is 25.8 Å². The number of rotatable bonds is 2. The van der Waals surface area contributed by atoms with E-state index in [1.54, 1.807) is 0 Å². The number of benzene rings is 1. The van der Waals surface area contributed by atoms with Crippen molar-refractivity contribution in [3.8, 4) is 11.4 Å². The zero-order valence-corrected chi connectivity index (χ0v) is 11.4. The summed E-state index contributed by atoms with van der Waals surface area (Å²) in [4.78, 5) is 9.27. The molecule has 0 unspecified atom stereocenters. The van der Waals surface area contributed by atoms with Gasteiger partial charge in [0, 0.05) is 23.5 Å². The predicted molar refractivity (Wildman–Crippen MR) is 80.4 cm³/mol. The fourth-order valence-corrected chi connectivity index (χ4v) is 2.67. The second-order valence-electron chi connectivity index (χ2n) is 5.42. The number of nitrogens with two attached hydrogens (primary N) is 1. The summed E-state index contributed by atoms with van der Waals surface area (Å²) >= 11 is 0. The summed E-state index contributed by atoms with van der Waals surface area (Å²) in [5, 5.41) is 0. The van der Waals surface area contributed by atoms with Gasteiger partial charge in [-0.1, -0.05) is 12.1 Å². The number of aromatic nitrogens is 3.